The number of aryl methyl sites for hydroxylation is 2. The Bertz CT molecular complexity index is 1090. The average molecular weight is 384 g/mol. The number of nitrogens with zero attached hydrogens (tertiary/aromatic N) is 3. The Morgan fingerprint density at radius 3 is 2.64 bits per heavy atom. The summed E-state index contributed by atoms with van der Waals surface area (Å²) in [7, 11) is 0. The molecule has 3 rings (SSSR count). The molecule has 0 spiro atoms. The second kappa shape index (κ2) is 8.03. The van der Waals surface area contributed by atoms with E-state index in [2.05, 4.69) is 15.6 Å². The van der Waals surface area contributed by atoms with Crippen LogP contribution in [0.5, 0.6) is 0 Å². The third-order valence-corrected chi connectivity index (χ3v) is 4.03. The van der Waals surface area contributed by atoms with Crippen LogP contribution >= 0.6 is 0 Å². The lowest BCUT2D eigenvalue weighted by Crippen LogP contribution is -2.32. The van der Waals surface area contributed by atoms with Gasteiger partial charge < -0.3 is 14.6 Å². The van der Waals surface area contributed by atoms with Gasteiger partial charge in [-0.2, -0.15) is 5.10 Å². The molecule has 1 unspecified atom stereocenters. The summed E-state index contributed by atoms with van der Waals surface area (Å²) < 4.78 is 11.4. The van der Waals surface area contributed by atoms with E-state index < -0.39 is 18.0 Å². The summed E-state index contributed by atoms with van der Waals surface area (Å²) in [5.41, 5.74) is -0.290. The number of aromatic nitrogens is 3. The molecular weight excluding hydrogens is 364 g/mol. The molecule has 0 radical (unpaired) electrons. The Morgan fingerprint density at radius 2 is 2.00 bits per heavy atom. The van der Waals surface area contributed by atoms with Crippen molar-refractivity contribution in [3.05, 3.63) is 52.1 Å². The van der Waals surface area contributed by atoms with Gasteiger partial charge in [0.05, 0.1) is 5.39 Å². The van der Waals surface area contributed by atoms with Gasteiger partial charge in [-0.3, -0.25) is 9.59 Å². The first-order valence-electron chi connectivity index (χ1n) is 8.85. The normalized spacial score (nSPS) is 12.0. The van der Waals surface area contributed by atoms with E-state index in [0.717, 1.165) is 0 Å². The maximum Gasteiger partial charge on any atom is 0.360 e. The first-order chi connectivity index (χ1) is 13.4. The van der Waals surface area contributed by atoms with Crippen molar-refractivity contribution < 1.29 is 18.8 Å². The van der Waals surface area contributed by atoms with Crippen LogP contribution in [0.2, 0.25) is 0 Å². The minimum Gasteiger partial charge on any atom is -0.448 e. The van der Waals surface area contributed by atoms with Gasteiger partial charge in [-0.25, -0.2) is 9.48 Å². The summed E-state index contributed by atoms with van der Waals surface area (Å²) in [5.74, 6) is -0.591. The van der Waals surface area contributed by atoms with E-state index in [1.807, 2.05) is 6.92 Å². The zero-order chi connectivity index (χ0) is 20.3. The van der Waals surface area contributed by atoms with Crippen molar-refractivity contribution in [3.8, 4) is 0 Å². The van der Waals surface area contributed by atoms with Crippen LogP contribution in [0.15, 0.2) is 39.6 Å². The van der Waals surface area contributed by atoms with Gasteiger partial charge >= 0.3 is 5.97 Å². The van der Waals surface area contributed by atoms with Gasteiger partial charge in [0, 0.05) is 18.0 Å². The Kier molecular flexibility index (Phi) is 5.53. The molecule has 0 saturated heterocycles. The largest absolute Gasteiger partial charge is 0.448 e. The Balaban J connectivity index is 1.85. The molecular formula is C19H20N4O5. The van der Waals surface area contributed by atoms with Gasteiger partial charge in [0.1, 0.15) is 5.76 Å². The molecule has 0 bridgehead atoms. The molecule has 9 heteroatoms. The molecule has 1 atom stereocenters. The number of esters is 1. The quantitative estimate of drug-likeness (QED) is 0.648. The number of anilines is 1. The van der Waals surface area contributed by atoms with Crippen LogP contribution in [-0.4, -0.2) is 32.9 Å². The van der Waals surface area contributed by atoms with E-state index in [4.69, 9.17) is 9.26 Å². The molecule has 0 saturated carbocycles. The number of carbonyl (C=O) groups is 2. The number of hydrogen-bond donors (Lipinski definition) is 1. The number of carbonyl (C=O) groups excluding carboxylic acids is 2. The first-order valence-corrected chi connectivity index (χ1v) is 8.85. The minimum absolute atomic E-state index is 0.0134. The maximum atomic E-state index is 12.7. The van der Waals surface area contributed by atoms with Crippen LogP contribution in [0.4, 0.5) is 5.82 Å². The number of rotatable bonds is 6. The van der Waals surface area contributed by atoms with Crippen molar-refractivity contribution in [2.75, 3.05) is 5.32 Å². The number of benzene rings is 1. The number of ether oxygens (including phenoxy) is 1. The standard InChI is InChI=1S/C19H20N4O5/c1-4-9-23-18(25)14-8-6-5-7-13(14)16(21-23)19(26)27-12(3)17(24)20-15-10-11(2)28-22-15/h5-8,10,12H,4,9H2,1-3H3,(H,20,22,24). The smallest absolute Gasteiger partial charge is 0.360 e. The summed E-state index contributed by atoms with van der Waals surface area (Å²) in [5, 5.41) is 11.1. The predicted octanol–water partition coefficient (Wildman–Crippen LogP) is 2.29. The van der Waals surface area contributed by atoms with E-state index in [1.165, 1.54) is 11.6 Å². The molecule has 1 amide bonds. The van der Waals surface area contributed by atoms with E-state index in [9.17, 15) is 14.4 Å². The third-order valence-electron chi connectivity index (χ3n) is 4.03. The summed E-state index contributed by atoms with van der Waals surface area (Å²) in [4.78, 5) is 37.4. The lowest BCUT2D eigenvalue weighted by Gasteiger charge is -2.14. The van der Waals surface area contributed by atoms with Crippen molar-refractivity contribution in [2.24, 2.45) is 0 Å². The Hall–Kier alpha value is -3.49. The zero-order valence-electron chi connectivity index (χ0n) is 15.8. The highest BCUT2D eigenvalue weighted by Crippen LogP contribution is 2.16. The lowest BCUT2D eigenvalue weighted by atomic mass is 10.1. The van der Waals surface area contributed by atoms with E-state index in [-0.39, 0.29) is 17.1 Å². The minimum atomic E-state index is -1.10. The second-order valence-corrected chi connectivity index (χ2v) is 6.28. The fraction of sp³-hybridized carbons (Fsp3) is 0.316. The molecule has 28 heavy (non-hydrogen) atoms. The van der Waals surface area contributed by atoms with Crippen LogP contribution in [0.25, 0.3) is 10.8 Å². The topological polar surface area (TPSA) is 116 Å². The Labute approximate surface area is 160 Å². The molecule has 0 aliphatic carbocycles. The van der Waals surface area contributed by atoms with Crippen molar-refractivity contribution in [1.29, 1.82) is 0 Å². The van der Waals surface area contributed by atoms with Gasteiger partial charge in [0.25, 0.3) is 11.5 Å². The van der Waals surface area contributed by atoms with Crippen molar-refractivity contribution in [3.63, 3.8) is 0 Å². The number of amides is 1. The number of nitrogens with one attached hydrogen (secondary N) is 1. The average Bonchev–Trinajstić information content (AvgIpc) is 3.08. The molecule has 0 fully saturated rings. The van der Waals surface area contributed by atoms with Gasteiger partial charge in [-0.05, 0) is 26.3 Å². The van der Waals surface area contributed by atoms with Crippen LogP contribution in [-0.2, 0) is 16.1 Å². The van der Waals surface area contributed by atoms with Gasteiger partial charge in [0.2, 0.25) is 0 Å². The van der Waals surface area contributed by atoms with Crippen LogP contribution in [0.1, 0.15) is 36.5 Å². The third kappa shape index (κ3) is 3.93. The monoisotopic (exact) mass is 384 g/mol. The highest BCUT2D eigenvalue weighted by atomic mass is 16.5. The van der Waals surface area contributed by atoms with Gasteiger partial charge in [-0.1, -0.05) is 30.3 Å². The van der Waals surface area contributed by atoms with E-state index in [0.29, 0.717) is 29.5 Å². The fourth-order valence-electron chi connectivity index (χ4n) is 2.67. The summed E-state index contributed by atoms with van der Waals surface area (Å²) >= 11 is 0. The Morgan fingerprint density at radius 1 is 1.29 bits per heavy atom. The summed E-state index contributed by atoms with van der Waals surface area (Å²) in [6, 6.07) is 8.21. The van der Waals surface area contributed by atoms with Crippen LogP contribution in [0, 0.1) is 6.92 Å². The molecule has 1 N–H and O–H groups in total. The first kappa shape index (κ1) is 19.3. The molecule has 2 aromatic heterocycles. The summed E-state index contributed by atoms with van der Waals surface area (Å²) in [6.45, 7) is 5.39. The molecule has 0 aliphatic heterocycles. The van der Waals surface area contributed by atoms with Crippen molar-refractivity contribution in [1.82, 2.24) is 14.9 Å². The summed E-state index contributed by atoms with van der Waals surface area (Å²) in [6.07, 6.45) is -0.424. The van der Waals surface area contributed by atoms with Crippen LogP contribution < -0.4 is 10.9 Å². The number of hydrogen-bond acceptors (Lipinski definition) is 7. The molecule has 0 aliphatic rings. The molecule has 3 aromatic rings. The SMILES string of the molecule is CCCn1nc(C(=O)OC(C)C(=O)Nc2cc(C)on2)c2ccccc2c1=O. The maximum absolute atomic E-state index is 12.7. The highest BCUT2D eigenvalue weighted by molar-refractivity contribution is 6.03. The predicted molar refractivity (Wildman–Crippen MR) is 101 cm³/mol. The van der Waals surface area contributed by atoms with Gasteiger partial charge in [0.15, 0.2) is 17.6 Å². The number of fused-ring (bicyclic) bond motifs is 1. The molecule has 9 nitrogen and oxygen atoms in total. The molecule has 1 aromatic carbocycles. The zero-order valence-corrected chi connectivity index (χ0v) is 15.8. The van der Waals surface area contributed by atoms with E-state index in [1.54, 1.807) is 37.3 Å². The van der Waals surface area contributed by atoms with Crippen molar-refractivity contribution >= 4 is 28.5 Å². The highest BCUT2D eigenvalue weighted by Gasteiger charge is 2.23. The lowest BCUT2D eigenvalue weighted by molar-refractivity contribution is -0.123. The second-order valence-electron chi connectivity index (χ2n) is 6.28. The fourth-order valence-corrected chi connectivity index (χ4v) is 2.67. The molecule has 146 valence electrons. The molecule has 2 heterocycles. The van der Waals surface area contributed by atoms with Crippen molar-refractivity contribution in [2.45, 2.75) is 39.8 Å². The van der Waals surface area contributed by atoms with Gasteiger partial charge in [-0.15, -0.1) is 0 Å². The van der Waals surface area contributed by atoms with E-state index >= 15 is 0 Å². The van der Waals surface area contributed by atoms with Crippen LogP contribution in [0.3, 0.4) is 0 Å².